The van der Waals surface area contributed by atoms with Gasteiger partial charge < -0.3 is 10.1 Å². The fraction of sp³-hybridized carbons (Fsp3) is 0.846. The first-order valence-corrected chi connectivity index (χ1v) is 6.84. The zero-order valence-corrected chi connectivity index (χ0v) is 11.3. The Bertz CT molecular complexity index is 271. The summed E-state index contributed by atoms with van der Waals surface area (Å²) in [5.41, 5.74) is 0. The van der Waals surface area contributed by atoms with Crippen molar-refractivity contribution in [1.29, 1.82) is 0 Å². The van der Waals surface area contributed by atoms with Crippen LogP contribution in [-0.2, 0) is 14.3 Å². The highest BCUT2D eigenvalue weighted by molar-refractivity contribution is 5.83. The quantitative estimate of drug-likeness (QED) is 0.662. The van der Waals surface area contributed by atoms with E-state index in [2.05, 4.69) is 24.5 Å². The molecule has 1 aliphatic heterocycles. The van der Waals surface area contributed by atoms with Gasteiger partial charge in [0.2, 0.25) is 5.91 Å². The molecule has 1 amide bonds. The molecule has 104 valence electrons. The maximum Gasteiger partial charge on any atom is 0.324 e. The van der Waals surface area contributed by atoms with E-state index in [4.69, 9.17) is 4.74 Å². The van der Waals surface area contributed by atoms with E-state index in [1.807, 2.05) is 0 Å². The Labute approximate surface area is 109 Å². The van der Waals surface area contributed by atoms with Gasteiger partial charge in [0.05, 0.1) is 13.2 Å². The van der Waals surface area contributed by atoms with Crippen LogP contribution >= 0.6 is 0 Å². The first kappa shape index (κ1) is 15.0. The van der Waals surface area contributed by atoms with Crippen LogP contribution in [0, 0.1) is 5.92 Å². The number of piperazine rings is 1. The van der Waals surface area contributed by atoms with Gasteiger partial charge in [0.15, 0.2) is 0 Å². The molecule has 0 aliphatic carbocycles. The highest BCUT2D eigenvalue weighted by Gasteiger charge is 2.25. The van der Waals surface area contributed by atoms with E-state index in [0.717, 1.165) is 12.8 Å². The Morgan fingerprint density at radius 1 is 1.50 bits per heavy atom. The largest absolute Gasteiger partial charge is 0.464 e. The topological polar surface area (TPSA) is 67.4 Å². The number of ether oxygens (including phenoxy) is 1. The van der Waals surface area contributed by atoms with Gasteiger partial charge in [0, 0.05) is 6.54 Å². The lowest BCUT2D eigenvalue weighted by Gasteiger charge is -2.23. The second-order valence-electron chi connectivity index (χ2n) is 4.78. The van der Waals surface area contributed by atoms with Gasteiger partial charge in [-0.05, 0) is 12.3 Å². The van der Waals surface area contributed by atoms with Gasteiger partial charge >= 0.3 is 5.97 Å². The van der Waals surface area contributed by atoms with E-state index in [1.165, 1.54) is 12.8 Å². The van der Waals surface area contributed by atoms with Crippen LogP contribution in [0.15, 0.2) is 0 Å². The van der Waals surface area contributed by atoms with Crippen molar-refractivity contribution >= 4 is 11.9 Å². The van der Waals surface area contributed by atoms with E-state index in [1.54, 1.807) is 0 Å². The van der Waals surface area contributed by atoms with Crippen LogP contribution < -0.4 is 10.6 Å². The van der Waals surface area contributed by atoms with Crippen LogP contribution in [-0.4, -0.2) is 37.6 Å². The number of esters is 1. The molecule has 18 heavy (non-hydrogen) atoms. The summed E-state index contributed by atoms with van der Waals surface area (Å²) in [6, 6.07) is -0.397. The van der Waals surface area contributed by atoms with Crippen LogP contribution in [0.1, 0.15) is 39.5 Å². The molecule has 0 aromatic heterocycles. The Morgan fingerprint density at radius 3 is 2.83 bits per heavy atom. The maximum absolute atomic E-state index is 11.8. The third kappa shape index (κ3) is 5.04. The van der Waals surface area contributed by atoms with Crippen molar-refractivity contribution in [3.8, 4) is 0 Å². The molecule has 1 heterocycles. The zero-order chi connectivity index (χ0) is 13.4. The van der Waals surface area contributed by atoms with E-state index in [9.17, 15) is 9.59 Å². The Hall–Kier alpha value is -1.10. The maximum atomic E-state index is 11.8. The number of nitrogens with one attached hydrogen (secondary N) is 2. The van der Waals surface area contributed by atoms with Crippen molar-refractivity contribution < 1.29 is 14.3 Å². The summed E-state index contributed by atoms with van der Waals surface area (Å²) in [6.45, 7) is 5.28. The summed E-state index contributed by atoms with van der Waals surface area (Å²) < 4.78 is 5.31. The Kier molecular flexibility index (Phi) is 6.72. The normalized spacial score (nSPS) is 21.2. The number of amides is 1. The van der Waals surface area contributed by atoms with Gasteiger partial charge in [0.25, 0.3) is 0 Å². The smallest absolute Gasteiger partial charge is 0.324 e. The fourth-order valence-electron chi connectivity index (χ4n) is 1.93. The monoisotopic (exact) mass is 256 g/mol. The van der Waals surface area contributed by atoms with Crippen molar-refractivity contribution in [2.45, 2.75) is 45.6 Å². The molecule has 0 spiro atoms. The van der Waals surface area contributed by atoms with Gasteiger partial charge in [-0.2, -0.15) is 0 Å². The standard InChI is InChI=1S/C13H24N2O3/c1-3-5-6-10(4-2)9-18-13(17)11-7-15-12(16)8-14-11/h10-11,14H,3-9H2,1-2H3,(H,15,16). The molecule has 0 aromatic rings. The first-order chi connectivity index (χ1) is 8.67. The molecular formula is C13H24N2O3. The molecule has 1 rings (SSSR count). The van der Waals surface area contributed by atoms with Crippen LogP contribution in [0.2, 0.25) is 0 Å². The minimum Gasteiger partial charge on any atom is -0.464 e. The van der Waals surface area contributed by atoms with Gasteiger partial charge in [-0.25, -0.2) is 0 Å². The number of carbonyl (C=O) groups is 2. The summed E-state index contributed by atoms with van der Waals surface area (Å²) in [7, 11) is 0. The fourth-order valence-corrected chi connectivity index (χ4v) is 1.93. The predicted molar refractivity (Wildman–Crippen MR) is 69.1 cm³/mol. The van der Waals surface area contributed by atoms with E-state index < -0.39 is 6.04 Å². The molecule has 5 heteroatoms. The molecule has 5 nitrogen and oxygen atoms in total. The lowest BCUT2D eigenvalue weighted by atomic mass is 10.0. The average molecular weight is 256 g/mol. The van der Waals surface area contributed by atoms with Crippen molar-refractivity contribution in [1.82, 2.24) is 10.6 Å². The summed E-state index contributed by atoms with van der Waals surface area (Å²) in [6.07, 6.45) is 4.48. The SMILES string of the molecule is CCCCC(CC)COC(=O)C1CNC(=O)CN1. The Morgan fingerprint density at radius 2 is 2.28 bits per heavy atom. The lowest BCUT2D eigenvalue weighted by Crippen LogP contribution is -2.55. The third-order valence-electron chi connectivity index (χ3n) is 3.30. The summed E-state index contributed by atoms with van der Waals surface area (Å²) >= 11 is 0. The molecule has 1 saturated heterocycles. The molecule has 0 radical (unpaired) electrons. The van der Waals surface area contributed by atoms with Gasteiger partial charge in [-0.1, -0.05) is 33.1 Å². The van der Waals surface area contributed by atoms with Gasteiger partial charge in [-0.3, -0.25) is 14.9 Å². The lowest BCUT2D eigenvalue weighted by molar-refractivity contribution is -0.148. The van der Waals surface area contributed by atoms with Crippen molar-refractivity contribution in [3.63, 3.8) is 0 Å². The molecule has 2 atom stereocenters. The third-order valence-corrected chi connectivity index (χ3v) is 3.30. The molecule has 0 saturated carbocycles. The molecule has 0 aromatic carbocycles. The minimum atomic E-state index is -0.397. The Balaban J connectivity index is 2.24. The molecular weight excluding hydrogens is 232 g/mol. The van der Waals surface area contributed by atoms with Crippen LogP contribution in [0.4, 0.5) is 0 Å². The van der Waals surface area contributed by atoms with Gasteiger partial charge in [0.1, 0.15) is 6.04 Å². The van der Waals surface area contributed by atoms with E-state index in [0.29, 0.717) is 19.1 Å². The van der Waals surface area contributed by atoms with Crippen LogP contribution in [0.5, 0.6) is 0 Å². The summed E-state index contributed by atoms with van der Waals surface area (Å²) in [5, 5.41) is 5.51. The second-order valence-corrected chi connectivity index (χ2v) is 4.78. The van der Waals surface area contributed by atoms with Crippen LogP contribution in [0.3, 0.4) is 0 Å². The molecule has 1 aliphatic rings. The predicted octanol–water partition coefficient (Wildman–Crippen LogP) is 0.834. The number of carbonyl (C=O) groups excluding carboxylic acids is 2. The van der Waals surface area contributed by atoms with Crippen molar-refractivity contribution in [2.24, 2.45) is 5.92 Å². The summed E-state index contributed by atoms with van der Waals surface area (Å²) in [5.74, 6) is 0.116. The summed E-state index contributed by atoms with van der Waals surface area (Å²) in [4.78, 5) is 22.7. The number of hydrogen-bond donors (Lipinski definition) is 2. The second kappa shape index (κ2) is 8.08. The highest BCUT2D eigenvalue weighted by Crippen LogP contribution is 2.13. The van der Waals surface area contributed by atoms with Gasteiger partial charge in [-0.15, -0.1) is 0 Å². The highest BCUT2D eigenvalue weighted by atomic mass is 16.5. The molecule has 2 N–H and O–H groups in total. The number of hydrogen-bond acceptors (Lipinski definition) is 4. The minimum absolute atomic E-state index is 0.0755. The van der Waals surface area contributed by atoms with E-state index in [-0.39, 0.29) is 18.4 Å². The van der Waals surface area contributed by atoms with Crippen LogP contribution in [0.25, 0.3) is 0 Å². The molecule has 0 bridgehead atoms. The van der Waals surface area contributed by atoms with Crippen molar-refractivity contribution in [3.05, 3.63) is 0 Å². The number of rotatable bonds is 7. The zero-order valence-electron chi connectivity index (χ0n) is 11.3. The first-order valence-electron chi connectivity index (χ1n) is 6.84. The van der Waals surface area contributed by atoms with E-state index >= 15 is 0 Å². The molecule has 2 unspecified atom stereocenters. The number of unbranched alkanes of at least 4 members (excludes halogenated alkanes) is 1. The molecule has 1 fully saturated rings. The average Bonchev–Trinajstić information content (AvgIpc) is 2.39. The van der Waals surface area contributed by atoms with Crippen molar-refractivity contribution in [2.75, 3.05) is 19.7 Å².